The van der Waals surface area contributed by atoms with Gasteiger partial charge in [-0.1, -0.05) is 6.42 Å². The standard InChI is InChI=1S/C20H32N4O/c1-15-13-21-10-8-17(15)9-11-22-20(25)23-16(2)18-5-4-12-24(14-18)19-6-3-7-19/h8,10,13,16,18-19H,3-7,9,11-12,14H2,1-2H3,(H2,22,23,25)/t16-,18-/m1/s1. The number of urea groups is 1. The number of carbonyl (C=O) groups is 1. The van der Waals surface area contributed by atoms with Gasteiger partial charge in [-0.3, -0.25) is 4.98 Å². The molecule has 1 aromatic rings. The first-order valence-corrected chi connectivity index (χ1v) is 9.81. The molecule has 1 aliphatic heterocycles. The summed E-state index contributed by atoms with van der Waals surface area (Å²) < 4.78 is 0. The Bertz CT molecular complexity index is 573. The van der Waals surface area contributed by atoms with Gasteiger partial charge in [0.1, 0.15) is 0 Å². The van der Waals surface area contributed by atoms with E-state index in [1.807, 2.05) is 12.3 Å². The second-order valence-corrected chi connectivity index (χ2v) is 7.72. The lowest BCUT2D eigenvalue weighted by Crippen LogP contribution is -2.52. The van der Waals surface area contributed by atoms with E-state index < -0.39 is 0 Å². The van der Waals surface area contributed by atoms with Crippen LogP contribution >= 0.6 is 0 Å². The first-order chi connectivity index (χ1) is 12.1. The molecule has 2 fully saturated rings. The fraction of sp³-hybridized carbons (Fsp3) is 0.700. The molecule has 0 bridgehead atoms. The predicted octanol–water partition coefficient (Wildman–Crippen LogP) is 2.88. The third kappa shape index (κ3) is 4.94. The van der Waals surface area contributed by atoms with Crippen LogP contribution in [0.2, 0.25) is 0 Å². The molecule has 0 aromatic carbocycles. The molecule has 2 atom stereocenters. The average Bonchev–Trinajstić information content (AvgIpc) is 2.55. The second kappa shape index (κ2) is 8.65. The van der Waals surface area contributed by atoms with E-state index in [9.17, 15) is 4.79 Å². The Hall–Kier alpha value is -1.62. The van der Waals surface area contributed by atoms with Gasteiger partial charge in [-0.15, -0.1) is 0 Å². The van der Waals surface area contributed by atoms with Crippen LogP contribution in [0.5, 0.6) is 0 Å². The Morgan fingerprint density at radius 2 is 2.20 bits per heavy atom. The van der Waals surface area contributed by atoms with E-state index in [1.165, 1.54) is 49.8 Å². The van der Waals surface area contributed by atoms with Gasteiger partial charge < -0.3 is 15.5 Å². The van der Waals surface area contributed by atoms with E-state index in [2.05, 4.69) is 34.4 Å². The Kier molecular flexibility index (Phi) is 6.29. The summed E-state index contributed by atoms with van der Waals surface area (Å²) in [5.41, 5.74) is 2.42. The molecule has 1 aliphatic carbocycles. The van der Waals surface area contributed by atoms with Crippen LogP contribution in [0.1, 0.15) is 50.2 Å². The Balaban J connectivity index is 1.39. The van der Waals surface area contributed by atoms with Crippen molar-refractivity contribution in [3.63, 3.8) is 0 Å². The Morgan fingerprint density at radius 1 is 1.36 bits per heavy atom. The molecule has 0 radical (unpaired) electrons. The molecule has 5 nitrogen and oxygen atoms in total. The molecule has 2 amide bonds. The van der Waals surface area contributed by atoms with E-state index in [-0.39, 0.29) is 12.1 Å². The van der Waals surface area contributed by atoms with Gasteiger partial charge in [0, 0.05) is 37.6 Å². The van der Waals surface area contributed by atoms with Crippen LogP contribution in [0, 0.1) is 12.8 Å². The van der Waals surface area contributed by atoms with Crippen LogP contribution in [0.25, 0.3) is 0 Å². The number of amides is 2. The number of pyridine rings is 1. The van der Waals surface area contributed by atoms with Gasteiger partial charge in [-0.25, -0.2) is 4.79 Å². The molecule has 1 saturated carbocycles. The number of nitrogens with one attached hydrogen (secondary N) is 2. The molecule has 3 rings (SSSR count). The third-order valence-corrected chi connectivity index (χ3v) is 5.96. The highest BCUT2D eigenvalue weighted by molar-refractivity contribution is 5.74. The molecule has 0 unspecified atom stereocenters. The summed E-state index contributed by atoms with van der Waals surface area (Å²) in [7, 11) is 0. The maximum Gasteiger partial charge on any atom is 0.315 e. The fourth-order valence-electron chi connectivity index (χ4n) is 4.00. The minimum atomic E-state index is -0.0417. The van der Waals surface area contributed by atoms with Crippen LogP contribution in [-0.2, 0) is 6.42 Å². The smallest absolute Gasteiger partial charge is 0.315 e. The third-order valence-electron chi connectivity index (χ3n) is 5.96. The molecule has 2 heterocycles. The van der Waals surface area contributed by atoms with E-state index in [1.54, 1.807) is 6.20 Å². The zero-order valence-corrected chi connectivity index (χ0v) is 15.6. The number of carbonyl (C=O) groups excluding carboxylic acids is 1. The molecule has 25 heavy (non-hydrogen) atoms. The first-order valence-electron chi connectivity index (χ1n) is 9.81. The average molecular weight is 345 g/mol. The minimum absolute atomic E-state index is 0.0417. The summed E-state index contributed by atoms with van der Waals surface area (Å²) in [6, 6.07) is 3.02. The summed E-state index contributed by atoms with van der Waals surface area (Å²) in [6.45, 7) is 7.25. The summed E-state index contributed by atoms with van der Waals surface area (Å²) in [5.74, 6) is 0.572. The normalized spacial score (nSPS) is 22.9. The van der Waals surface area contributed by atoms with Gasteiger partial charge in [-0.05, 0) is 75.6 Å². The van der Waals surface area contributed by atoms with Crippen molar-refractivity contribution in [3.8, 4) is 0 Å². The van der Waals surface area contributed by atoms with Gasteiger partial charge in [-0.2, -0.15) is 0 Å². The molecule has 1 aromatic heterocycles. The van der Waals surface area contributed by atoms with Crippen molar-refractivity contribution < 1.29 is 4.79 Å². The number of aromatic nitrogens is 1. The van der Waals surface area contributed by atoms with Gasteiger partial charge in [0.15, 0.2) is 0 Å². The number of aryl methyl sites for hydroxylation is 1. The van der Waals surface area contributed by atoms with Crippen LogP contribution in [0.15, 0.2) is 18.5 Å². The summed E-state index contributed by atoms with van der Waals surface area (Å²) in [4.78, 5) is 19.0. The quantitative estimate of drug-likeness (QED) is 0.834. The monoisotopic (exact) mass is 344 g/mol. The summed E-state index contributed by atoms with van der Waals surface area (Å²) in [6.07, 6.45) is 11.1. The SMILES string of the molecule is Cc1cnccc1CCNC(=O)N[C@H](C)[C@@H]1CCCN(C2CCC2)C1. The second-order valence-electron chi connectivity index (χ2n) is 7.72. The van der Waals surface area contributed by atoms with Crippen molar-refractivity contribution in [2.24, 2.45) is 5.92 Å². The van der Waals surface area contributed by atoms with Crippen LogP contribution in [0.4, 0.5) is 4.79 Å². The molecule has 5 heteroatoms. The van der Waals surface area contributed by atoms with Crippen molar-refractivity contribution in [3.05, 3.63) is 29.6 Å². The van der Waals surface area contributed by atoms with Crippen molar-refractivity contribution >= 4 is 6.03 Å². The van der Waals surface area contributed by atoms with Gasteiger partial charge in [0.25, 0.3) is 0 Å². The maximum atomic E-state index is 12.2. The number of piperidine rings is 1. The Labute approximate surface area is 151 Å². The molecular formula is C20H32N4O. The predicted molar refractivity (Wildman–Crippen MR) is 101 cm³/mol. The topological polar surface area (TPSA) is 57.3 Å². The van der Waals surface area contributed by atoms with Crippen molar-refractivity contribution in [2.45, 2.75) is 64.5 Å². The number of nitrogens with zero attached hydrogens (tertiary/aromatic N) is 2. The van der Waals surface area contributed by atoms with Crippen molar-refractivity contribution in [2.75, 3.05) is 19.6 Å². The Morgan fingerprint density at radius 3 is 2.92 bits per heavy atom. The number of hydrogen-bond donors (Lipinski definition) is 2. The molecule has 2 aliphatic rings. The van der Waals surface area contributed by atoms with Crippen LogP contribution < -0.4 is 10.6 Å². The largest absolute Gasteiger partial charge is 0.338 e. The van der Waals surface area contributed by atoms with Gasteiger partial charge in [0.2, 0.25) is 0 Å². The van der Waals surface area contributed by atoms with E-state index >= 15 is 0 Å². The number of likely N-dealkylation sites (tertiary alicyclic amines) is 1. The zero-order chi connectivity index (χ0) is 17.6. The lowest BCUT2D eigenvalue weighted by atomic mass is 9.86. The molecule has 1 saturated heterocycles. The first kappa shape index (κ1) is 18.2. The minimum Gasteiger partial charge on any atom is -0.338 e. The maximum absolute atomic E-state index is 12.2. The lowest BCUT2D eigenvalue weighted by molar-refractivity contribution is 0.0679. The van der Waals surface area contributed by atoms with Gasteiger partial charge in [0.05, 0.1) is 0 Å². The summed E-state index contributed by atoms with van der Waals surface area (Å²) in [5, 5.41) is 6.16. The summed E-state index contributed by atoms with van der Waals surface area (Å²) >= 11 is 0. The van der Waals surface area contributed by atoms with Crippen LogP contribution in [-0.4, -0.2) is 47.6 Å². The number of hydrogen-bond acceptors (Lipinski definition) is 3. The molecule has 2 N–H and O–H groups in total. The highest BCUT2D eigenvalue weighted by Crippen LogP contribution is 2.30. The highest BCUT2D eigenvalue weighted by Gasteiger charge is 2.31. The highest BCUT2D eigenvalue weighted by atomic mass is 16.2. The van der Waals surface area contributed by atoms with Gasteiger partial charge >= 0.3 is 6.03 Å². The fourth-order valence-corrected chi connectivity index (χ4v) is 4.00. The van der Waals surface area contributed by atoms with Crippen molar-refractivity contribution in [1.82, 2.24) is 20.5 Å². The molecule has 0 spiro atoms. The van der Waals surface area contributed by atoms with Crippen LogP contribution in [0.3, 0.4) is 0 Å². The molecule has 138 valence electrons. The lowest BCUT2D eigenvalue weighted by Gasteiger charge is -2.43. The van der Waals surface area contributed by atoms with E-state index in [0.717, 1.165) is 19.0 Å². The van der Waals surface area contributed by atoms with E-state index in [0.29, 0.717) is 12.5 Å². The van der Waals surface area contributed by atoms with Crippen molar-refractivity contribution in [1.29, 1.82) is 0 Å². The number of rotatable bonds is 6. The molecular weight excluding hydrogens is 312 g/mol. The van der Waals surface area contributed by atoms with E-state index in [4.69, 9.17) is 0 Å². The zero-order valence-electron chi connectivity index (χ0n) is 15.6.